The minimum Gasteiger partial charge on any atom is -0.504 e. The number of Topliss-reactive ketones (excluding diaryl/α,β-unsaturated/α-hetero) is 1. The summed E-state index contributed by atoms with van der Waals surface area (Å²) in [4.78, 5) is 37.9. The van der Waals surface area contributed by atoms with E-state index in [2.05, 4.69) is 4.90 Å². The molecule has 1 spiro atoms. The Morgan fingerprint density at radius 2 is 1.76 bits per heavy atom. The molecule has 0 amide bonds. The van der Waals surface area contributed by atoms with Crippen molar-refractivity contribution in [1.29, 1.82) is 0 Å². The fourth-order valence-corrected chi connectivity index (χ4v) is 7.38. The average molecular weight is 556 g/mol. The predicted molar refractivity (Wildman–Crippen MR) is 150 cm³/mol. The van der Waals surface area contributed by atoms with E-state index < -0.39 is 29.0 Å². The van der Waals surface area contributed by atoms with Crippen molar-refractivity contribution in [2.24, 2.45) is 0 Å². The summed E-state index contributed by atoms with van der Waals surface area (Å²) >= 11 is 0. The molecule has 8 heteroatoms. The van der Waals surface area contributed by atoms with Crippen LogP contribution in [0.4, 0.5) is 0 Å². The Labute approximate surface area is 238 Å². The quantitative estimate of drug-likeness (QED) is 0.415. The van der Waals surface area contributed by atoms with E-state index in [9.17, 15) is 24.6 Å². The fraction of sp³-hybridized carbons (Fsp3) is 0.364. The van der Waals surface area contributed by atoms with Gasteiger partial charge in [0.1, 0.15) is 0 Å². The zero-order valence-electron chi connectivity index (χ0n) is 23.0. The van der Waals surface area contributed by atoms with E-state index in [1.165, 1.54) is 0 Å². The summed E-state index contributed by atoms with van der Waals surface area (Å²) < 4.78 is 5.94. The number of aliphatic hydroxyl groups is 1. The van der Waals surface area contributed by atoms with Gasteiger partial charge in [0.25, 0.3) is 0 Å². The number of likely N-dealkylation sites (tertiary alicyclic amines) is 1. The summed E-state index contributed by atoms with van der Waals surface area (Å²) in [5.41, 5.74) is 2.11. The molecular formula is C33H33NO7. The van der Waals surface area contributed by atoms with Crippen LogP contribution in [0.25, 0.3) is 0 Å². The molecule has 3 aromatic carbocycles. The summed E-state index contributed by atoms with van der Waals surface area (Å²) in [5.74, 6) is -1.06. The van der Waals surface area contributed by atoms with E-state index in [4.69, 9.17) is 9.84 Å². The largest absolute Gasteiger partial charge is 0.504 e. The summed E-state index contributed by atoms with van der Waals surface area (Å²) in [7, 11) is 2.04. The van der Waals surface area contributed by atoms with Gasteiger partial charge in [0.05, 0.1) is 16.9 Å². The molecule has 2 fully saturated rings. The number of nitrogens with zero attached hydrogens (tertiary/aromatic N) is 1. The lowest BCUT2D eigenvalue weighted by molar-refractivity contribution is -0.185. The van der Waals surface area contributed by atoms with Crippen LogP contribution in [0.1, 0.15) is 64.7 Å². The molecule has 41 heavy (non-hydrogen) atoms. The van der Waals surface area contributed by atoms with Gasteiger partial charge in [-0.3, -0.25) is 14.4 Å². The Morgan fingerprint density at radius 3 is 2.49 bits per heavy atom. The second kappa shape index (κ2) is 9.82. The molecule has 212 valence electrons. The first-order valence-electron chi connectivity index (χ1n) is 14.0. The van der Waals surface area contributed by atoms with Gasteiger partial charge in [-0.1, -0.05) is 54.6 Å². The normalized spacial score (nSPS) is 28.0. The van der Waals surface area contributed by atoms with Gasteiger partial charge in [-0.05, 0) is 63.0 Å². The summed E-state index contributed by atoms with van der Waals surface area (Å²) in [6, 6.07) is 19.3. The van der Waals surface area contributed by atoms with Gasteiger partial charge in [0, 0.05) is 29.2 Å². The number of carboxylic acids is 1. The number of phenolic OH excluding ortho intramolecular Hbond substituents is 1. The first-order valence-corrected chi connectivity index (χ1v) is 14.0. The molecule has 1 saturated heterocycles. The summed E-state index contributed by atoms with van der Waals surface area (Å²) in [6.07, 6.45) is 1.61. The number of aliphatic carboxylic acids is 1. The molecule has 2 bridgehead atoms. The first kappa shape index (κ1) is 27.2. The highest BCUT2D eigenvalue weighted by molar-refractivity contribution is 6.09. The molecular weight excluding hydrogens is 522 g/mol. The Bertz CT molecular complexity index is 1550. The number of aromatic hydroxyl groups is 1. The molecule has 0 aromatic heterocycles. The van der Waals surface area contributed by atoms with Crippen molar-refractivity contribution in [1.82, 2.24) is 4.90 Å². The van der Waals surface area contributed by atoms with E-state index in [0.717, 1.165) is 24.1 Å². The number of likely N-dealkylation sites (N-methyl/N-ethyl adjacent to an activating group) is 1. The van der Waals surface area contributed by atoms with Crippen LogP contribution in [-0.2, 0) is 21.4 Å². The molecule has 7 rings (SSSR count). The molecule has 5 atom stereocenters. The molecule has 2 aliphatic carbocycles. The Hall–Kier alpha value is -4.01. The topological polar surface area (TPSA) is 124 Å². The summed E-state index contributed by atoms with van der Waals surface area (Å²) in [5, 5.41) is 30.8. The van der Waals surface area contributed by atoms with Crippen molar-refractivity contribution in [3.05, 3.63) is 94.5 Å². The summed E-state index contributed by atoms with van der Waals surface area (Å²) in [6.45, 7) is 2.43. The first-order chi connectivity index (χ1) is 19.6. The van der Waals surface area contributed by atoms with Gasteiger partial charge in [-0.15, -0.1) is 0 Å². The third kappa shape index (κ3) is 4.00. The van der Waals surface area contributed by atoms with Gasteiger partial charge < -0.3 is 25.0 Å². The lowest BCUT2D eigenvalue weighted by atomic mass is 9.49. The van der Waals surface area contributed by atoms with Crippen LogP contribution in [0, 0.1) is 0 Å². The van der Waals surface area contributed by atoms with Crippen LogP contribution in [0.3, 0.4) is 0 Å². The van der Waals surface area contributed by atoms with Gasteiger partial charge >= 0.3 is 5.97 Å². The molecule has 4 aliphatic rings. The van der Waals surface area contributed by atoms with Crippen LogP contribution >= 0.6 is 0 Å². The van der Waals surface area contributed by atoms with Crippen LogP contribution in [-0.4, -0.2) is 69.1 Å². The lowest BCUT2D eigenvalue weighted by Crippen LogP contribution is -2.76. The molecule has 0 radical (unpaired) electrons. The second-order valence-corrected chi connectivity index (χ2v) is 11.6. The van der Waals surface area contributed by atoms with E-state index in [1.54, 1.807) is 61.5 Å². The molecule has 1 saturated carbocycles. The standard InChI is InChI=1S/C17H19NO4.C16H14O3/c1-18-7-6-16-13-9-2-3-10(19)14(13)22-15(16)11(20)4-5-17(16,21)12(18)8-9;1-11(16(18)19)13-8-5-9-14(10-13)15(17)12-6-3-2-4-7-12/h2-3,12,15,19,21H,4-8H2,1H3;2-11H,1H3,(H,18,19)/t12-,15+,16+,17-;/m1./s1. The highest BCUT2D eigenvalue weighted by Crippen LogP contribution is 2.64. The third-order valence-electron chi connectivity index (χ3n) is 9.58. The highest BCUT2D eigenvalue weighted by Gasteiger charge is 2.72. The number of carbonyl (C=O) groups is 3. The number of hydrogen-bond acceptors (Lipinski definition) is 7. The van der Waals surface area contributed by atoms with Crippen molar-refractivity contribution in [2.45, 2.75) is 61.7 Å². The monoisotopic (exact) mass is 555 g/mol. The Balaban J connectivity index is 0.000000150. The van der Waals surface area contributed by atoms with Crippen molar-refractivity contribution in [3.63, 3.8) is 0 Å². The maximum absolute atomic E-state index is 12.5. The maximum Gasteiger partial charge on any atom is 0.310 e. The van der Waals surface area contributed by atoms with Gasteiger partial charge in [0.2, 0.25) is 0 Å². The number of phenols is 1. The fourth-order valence-electron chi connectivity index (χ4n) is 7.38. The molecule has 8 nitrogen and oxygen atoms in total. The number of ketones is 2. The highest BCUT2D eigenvalue weighted by atomic mass is 16.5. The molecule has 2 aliphatic heterocycles. The lowest BCUT2D eigenvalue weighted by Gasteiger charge is -2.61. The zero-order chi connectivity index (χ0) is 29.1. The molecule has 3 N–H and O–H groups in total. The Kier molecular flexibility index (Phi) is 6.51. The number of piperidine rings is 1. The SMILES string of the molecule is CC(C(=O)O)c1cccc(C(=O)c2ccccc2)c1.CN1CC[C@]23c4c5ccc(O)c4O[C@H]2C(=O)CC[C@@]3(O)[C@H]1C5. The van der Waals surface area contributed by atoms with E-state index in [-0.39, 0.29) is 23.4 Å². The van der Waals surface area contributed by atoms with E-state index >= 15 is 0 Å². The number of carbonyl (C=O) groups excluding carboxylic acids is 2. The van der Waals surface area contributed by atoms with Crippen molar-refractivity contribution in [2.75, 3.05) is 13.6 Å². The molecule has 3 aromatic rings. The zero-order valence-corrected chi connectivity index (χ0v) is 23.0. The molecule has 1 unspecified atom stereocenters. The van der Waals surface area contributed by atoms with E-state index in [0.29, 0.717) is 41.7 Å². The number of hydrogen-bond donors (Lipinski definition) is 3. The van der Waals surface area contributed by atoms with Crippen LogP contribution in [0.5, 0.6) is 11.5 Å². The maximum atomic E-state index is 12.5. The smallest absolute Gasteiger partial charge is 0.310 e. The van der Waals surface area contributed by atoms with Gasteiger partial charge in [-0.2, -0.15) is 0 Å². The van der Waals surface area contributed by atoms with Crippen molar-refractivity contribution < 1.29 is 34.4 Å². The predicted octanol–water partition coefficient (Wildman–Crippen LogP) is 3.85. The number of carboxylic acid groups (broad SMARTS) is 1. The second-order valence-electron chi connectivity index (χ2n) is 11.6. The van der Waals surface area contributed by atoms with Crippen molar-refractivity contribution in [3.8, 4) is 11.5 Å². The third-order valence-corrected chi connectivity index (χ3v) is 9.58. The van der Waals surface area contributed by atoms with Gasteiger partial charge in [0.15, 0.2) is 29.2 Å². The number of rotatable bonds is 4. The number of benzene rings is 3. The van der Waals surface area contributed by atoms with Crippen LogP contribution in [0.15, 0.2) is 66.7 Å². The van der Waals surface area contributed by atoms with E-state index in [1.807, 2.05) is 19.2 Å². The minimum atomic E-state index is -0.954. The molecule has 2 heterocycles. The van der Waals surface area contributed by atoms with Gasteiger partial charge in [-0.25, -0.2) is 0 Å². The number of ether oxygens (including phenoxy) is 1. The van der Waals surface area contributed by atoms with Crippen molar-refractivity contribution >= 4 is 17.5 Å². The Morgan fingerprint density at radius 1 is 1.02 bits per heavy atom. The van der Waals surface area contributed by atoms with Crippen LogP contribution < -0.4 is 4.74 Å². The van der Waals surface area contributed by atoms with Crippen LogP contribution in [0.2, 0.25) is 0 Å². The average Bonchev–Trinajstić information content (AvgIpc) is 3.35. The minimum absolute atomic E-state index is 0.00319.